The Hall–Kier alpha value is -5.14. The molecule has 2 saturated heterocycles. The van der Waals surface area contributed by atoms with Crippen molar-refractivity contribution < 1.29 is 38.2 Å². The molecule has 2 fully saturated rings. The van der Waals surface area contributed by atoms with Gasteiger partial charge in [-0.1, -0.05) is 84.0 Å². The van der Waals surface area contributed by atoms with Gasteiger partial charge in [0, 0.05) is 43.8 Å². The van der Waals surface area contributed by atoms with Gasteiger partial charge in [0.1, 0.15) is 41.1 Å². The van der Waals surface area contributed by atoms with Crippen molar-refractivity contribution in [3.63, 3.8) is 0 Å². The number of nitrogens with zero attached hydrogens (tertiary/aromatic N) is 1. The second-order valence-electron chi connectivity index (χ2n) is 20.4. The van der Waals surface area contributed by atoms with Crippen LogP contribution in [0.1, 0.15) is 107 Å². The lowest BCUT2D eigenvalue weighted by Gasteiger charge is -2.51. The molecule has 0 aliphatic carbocycles. The van der Waals surface area contributed by atoms with Gasteiger partial charge in [0.2, 0.25) is 29.5 Å². The molecule has 0 unspecified atom stereocenters. The van der Waals surface area contributed by atoms with Crippen molar-refractivity contribution in [1.29, 1.82) is 0 Å². The maximum Gasteiger partial charge on any atom is 0.410 e. The molecule has 2 aromatic rings. The first-order chi connectivity index (χ1) is 28.8. The Balaban J connectivity index is 1.77. The third-order valence-corrected chi connectivity index (χ3v) is 11.1. The average molecular weight is 861 g/mol. The van der Waals surface area contributed by atoms with Crippen molar-refractivity contribution in [1.82, 2.24) is 31.5 Å². The van der Waals surface area contributed by atoms with E-state index in [9.17, 15) is 28.8 Å². The first-order valence-electron chi connectivity index (χ1n) is 22.1. The summed E-state index contributed by atoms with van der Waals surface area (Å²) in [5, 5.41) is 14.9. The third-order valence-electron chi connectivity index (χ3n) is 11.1. The van der Waals surface area contributed by atoms with Crippen LogP contribution < -0.4 is 31.3 Å². The Bertz CT molecular complexity index is 1860. The number of hydrogen-bond donors (Lipinski definition) is 5. The summed E-state index contributed by atoms with van der Waals surface area (Å²) in [4.78, 5) is 86.5. The summed E-state index contributed by atoms with van der Waals surface area (Å²) in [5.74, 6) is -3.02. The van der Waals surface area contributed by atoms with Crippen LogP contribution in [0.2, 0.25) is 0 Å². The summed E-state index contributed by atoms with van der Waals surface area (Å²) in [5.41, 5.74) is -0.333. The van der Waals surface area contributed by atoms with Gasteiger partial charge in [-0.2, -0.15) is 0 Å². The van der Waals surface area contributed by atoms with E-state index < -0.39 is 76.4 Å². The Morgan fingerprint density at radius 3 is 1.69 bits per heavy atom. The predicted octanol–water partition coefficient (Wildman–Crippen LogP) is 5.32. The fourth-order valence-corrected chi connectivity index (χ4v) is 7.88. The molecule has 0 aromatic heterocycles. The molecule has 0 bridgehead atoms. The van der Waals surface area contributed by atoms with Crippen molar-refractivity contribution >= 4 is 35.6 Å². The summed E-state index contributed by atoms with van der Waals surface area (Å²) >= 11 is 0. The standard InChI is InChI=1S/C48H72N6O8/c1-29(2)22-36-41(56)52-38(24-33-18-20-34(21-19-33)61-46(7,8)9)43(58)53-39(31(5)6)44(59)49-26-48(27-54(28-48)45(60)62-47(10,11)12)25-35(30(3)4)40(55)50-37(42(57)51-36)23-32-16-14-13-15-17-32/h13-21,29-31,35-39H,22-28H2,1-12H3,(H,49,59)(H,50,55)(H,51,57)(H,52,56)(H,53,58)/t35-,36-,37-,38-,39-/m0/s1. The minimum atomic E-state index is -1.14. The summed E-state index contributed by atoms with van der Waals surface area (Å²) in [6, 6.07) is 12.3. The highest BCUT2D eigenvalue weighted by atomic mass is 16.6. The molecule has 0 saturated carbocycles. The molecule has 4 rings (SSSR count). The van der Waals surface area contributed by atoms with Crippen molar-refractivity contribution in [2.24, 2.45) is 29.1 Å². The first kappa shape index (κ1) is 49.5. The van der Waals surface area contributed by atoms with Crippen molar-refractivity contribution in [3.8, 4) is 5.75 Å². The molecule has 2 heterocycles. The van der Waals surface area contributed by atoms with Gasteiger partial charge in [0.05, 0.1) is 0 Å². The Morgan fingerprint density at radius 2 is 1.18 bits per heavy atom. The lowest BCUT2D eigenvalue weighted by molar-refractivity contribution is -0.137. The molecular formula is C48H72N6O8. The zero-order chi connectivity index (χ0) is 46.2. The van der Waals surface area contributed by atoms with Crippen LogP contribution in [0.5, 0.6) is 5.75 Å². The second kappa shape index (κ2) is 20.8. The van der Waals surface area contributed by atoms with Gasteiger partial charge in [0.15, 0.2) is 0 Å². The van der Waals surface area contributed by atoms with Gasteiger partial charge in [-0.15, -0.1) is 0 Å². The smallest absolute Gasteiger partial charge is 0.410 e. The van der Waals surface area contributed by atoms with Gasteiger partial charge >= 0.3 is 6.09 Å². The predicted molar refractivity (Wildman–Crippen MR) is 239 cm³/mol. The average Bonchev–Trinajstić information content (AvgIpc) is 3.14. The molecule has 5 atom stereocenters. The van der Waals surface area contributed by atoms with Crippen LogP contribution in [0, 0.1) is 29.1 Å². The zero-order valence-electron chi connectivity index (χ0n) is 39.0. The third kappa shape index (κ3) is 14.8. The van der Waals surface area contributed by atoms with Crippen LogP contribution in [-0.2, 0) is 41.6 Å². The summed E-state index contributed by atoms with van der Waals surface area (Å²) < 4.78 is 11.7. The monoisotopic (exact) mass is 861 g/mol. The van der Waals surface area contributed by atoms with Crippen molar-refractivity contribution in [3.05, 3.63) is 65.7 Å². The normalized spacial score (nSPS) is 23.4. The fourth-order valence-electron chi connectivity index (χ4n) is 7.88. The van der Waals surface area contributed by atoms with Crippen LogP contribution in [0.4, 0.5) is 4.79 Å². The molecule has 342 valence electrons. The van der Waals surface area contributed by atoms with E-state index in [1.807, 2.05) is 105 Å². The molecule has 14 nitrogen and oxygen atoms in total. The number of likely N-dealkylation sites (tertiary alicyclic amines) is 1. The van der Waals surface area contributed by atoms with E-state index in [2.05, 4.69) is 26.6 Å². The number of nitrogens with one attached hydrogen (secondary N) is 5. The zero-order valence-corrected chi connectivity index (χ0v) is 39.0. The summed E-state index contributed by atoms with van der Waals surface area (Å²) in [6.45, 7) is 23.1. The molecule has 14 heteroatoms. The van der Waals surface area contributed by atoms with E-state index in [0.29, 0.717) is 5.75 Å². The van der Waals surface area contributed by atoms with E-state index in [4.69, 9.17) is 9.47 Å². The quantitative estimate of drug-likeness (QED) is 0.225. The van der Waals surface area contributed by atoms with Gasteiger partial charge in [-0.3, -0.25) is 24.0 Å². The van der Waals surface area contributed by atoms with Crippen LogP contribution >= 0.6 is 0 Å². The molecular weight excluding hydrogens is 789 g/mol. The minimum absolute atomic E-state index is 0.0352. The van der Waals surface area contributed by atoms with E-state index in [1.54, 1.807) is 37.8 Å². The Morgan fingerprint density at radius 1 is 0.661 bits per heavy atom. The van der Waals surface area contributed by atoms with Crippen LogP contribution in [0.3, 0.4) is 0 Å². The second-order valence-corrected chi connectivity index (χ2v) is 20.4. The van der Waals surface area contributed by atoms with Crippen LogP contribution in [0.15, 0.2) is 54.6 Å². The summed E-state index contributed by atoms with van der Waals surface area (Å²) in [6.07, 6.45) is 0.276. The molecule has 6 amide bonds. The Kier molecular flexibility index (Phi) is 16.6. The molecule has 1 spiro atoms. The molecule has 2 aliphatic heterocycles. The molecule has 62 heavy (non-hydrogen) atoms. The lowest BCUT2D eigenvalue weighted by Crippen LogP contribution is -2.65. The van der Waals surface area contributed by atoms with E-state index in [-0.39, 0.29) is 69.0 Å². The number of hydrogen-bond acceptors (Lipinski definition) is 8. The summed E-state index contributed by atoms with van der Waals surface area (Å²) in [7, 11) is 0. The number of rotatable bonds is 9. The minimum Gasteiger partial charge on any atom is -0.488 e. The van der Waals surface area contributed by atoms with Crippen LogP contribution in [-0.4, -0.2) is 95.5 Å². The molecule has 5 N–H and O–H groups in total. The number of carbonyl (C=O) groups is 6. The molecule has 2 aliphatic rings. The van der Waals surface area contributed by atoms with E-state index in [1.165, 1.54) is 0 Å². The van der Waals surface area contributed by atoms with Gasteiger partial charge in [-0.05, 0) is 95.4 Å². The van der Waals surface area contributed by atoms with E-state index >= 15 is 0 Å². The largest absolute Gasteiger partial charge is 0.488 e. The number of ether oxygens (including phenoxy) is 2. The number of carbonyl (C=O) groups excluding carboxylic acids is 6. The van der Waals surface area contributed by atoms with Crippen molar-refractivity contribution in [2.75, 3.05) is 19.6 Å². The molecule has 2 aromatic carbocycles. The van der Waals surface area contributed by atoms with Gasteiger partial charge in [0.25, 0.3) is 0 Å². The maximum absolute atomic E-state index is 14.5. The SMILES string of the molecule is CC(C)C[C@@H]1NC(=O)[C@H](Cc2ccccc2)NC(=O)[C@H](C(C)C)CC2(CNC(=O)[C@H](C(C)C)NC(=O)[C@H](Cc3ccc(OC(C)(C)C)cc3)NC1=O)CN(C(=O)OC(C)(C)C)C2. The fraction of sp³-hybridized carbons (Fsp3) is 0.625. The van der Waals surface area contributed by atoms with Gasteiger partial charge < -0.3 is 41.0 Å². The van der Waals surface area contributed by atoms with Gasteiger partial charge in [-0.25, -0.2) is 4.79 Å². The lowest BCUT2D eigenvalue weighted by atomic mass is 9.70. The first-order valence-corrected chi connectivity index (χ1v) is 22.1. The van der Waals surface area contributed by atoms with Crippen molar-refractivity contribution in [2.45, 2.75) is 144 Å². The highest BCUT2D eigenvalue weighted by Gasteiger charge is 2.50. The maximum atomic E-state index is 14.5. The van der Waals surface area contributed by atoms with Crippen LogP contribution in [0.25, 0.3) is 0 Å². The number of amides is 6. The number of benzene rings is 2. The van der Waals surface area contributed by atoms with E-state index in [0.717, 1.165) is 11.1 Å². The topological polar surface area (TPSA) is 184 Å². The highest BCUT2D eigenvalue weighted by Crippen LogP contribution is 2.39. The molecule has 0 radical (unpaired) electrons. The highest BCUT2D eigenvalue weighted by molar-refractivity contribution is 5.96. The Labute approximate surface area is 368 Å².